The van der Waals surface area contributed by atoms with Crippen molar-refractivity contribution >= 4 is 10.8 Å². The molecule has 0 aliphatic heterocycles. The van der Waals surface area contributed by atoms with Gasteiger partial charge in [0.25, 0.3) is 0 Å². The van der Waals surface area contributed by atoms with Crippen molar-refractivity contribution in [2.24, 2.45) is 0 Å². The molecule has 0 saturated heterocycles. The standard InChI is InChI=1S/C16H20/c1-3-5-13-7-9-16-12-14(6-4-2)8-10-15(16)11-13/h7-12H,3-6H2,1-2H3. The molecule has 0 saturated carbocycles. The zero-order valence-electron chi connectivity index (χ0n) is 10.3. The van der Waals surface area contributed by atoms with Crippen molar-refractivity contribution in [3.63, 3.8) is 0 Å². The van der Waals surface area contributed by atoms with Crippen LogP contribution < -0.4 is 0 Å². The van der Waals surface area contributed by atoms with Crippen LogP contribution in [-0.4, -0.2) is 0 Å². The summed E-state index contributed by atoms with van der Waals surface area (Å²) in [5, 5.41) is 2.76. The molecule has 0 heteroatoms. The molecule has 0 aliphatic carbocycles. The topological polar surface area (TPSA) is 0 Å². The maximum atomic E-state index is 2.33. The van der Waals surface area contributed by atoms with Crippen LogP contribution in [0.5, 0.6) is 0 Å². The van der Waals surface area contributed by atoms with Gasteiger partial charge in [-0.2, -0.15) is 0 Å². The van der Waals surface area contributed by atoms with E-state index in [2.05, 4.69) is 50.2 Å². The molecule has 84 valence electrons. The Balaban J connectivity index is 2.36. The first kappa shape index (κ1) is 11.2. The SMILES string of the molecule is CCCc1ccc2cc(CCC)ccc2c1. The minimum absolute atomic E-state index is 1.19. The molecule has 0 unspecified atom stereocenters. The van der Waals surface area contributed by atoms with Crippen LogP contribution in [0.25, 0.3) is 10.8 Å². The van der Waals surface area contributed by atoms with Gasteiger partial charge in [0.15, 0.2) is 0 Å². The molecule has 0 atom stereocenters. The maximum absolute atomic E-state index is 2.33. The minimum atomic E-state index is 1.19. The number of fused-ring (bicyclic) bond motifs is 1. The highest BCUT2D eigenvalue weighted by atomic mass is 14.0. The van der Waals surface area contributed by atoms with Gasteiger partial charge in [-0.25, -0.2) is 0 Å². The highest BCUT2D eigenvalue weighted by Gasteiger charge is 1.98. The Bertz CT molecular complexity index is 423. The lowest BCUT2D eigenvalue weighted by Crippen LogP contribution is -1.86. The van der Waals surface area contributed by atoms with E-state index in [-0.39, 0.29) is 0 Å². The third-order valence-electron chi connectivity index (χ3n) is 3.05. The fourth-order valence-electron chi connectivity index (χ4n) is 2.23. The summed E-state index contributed by atoms with van der Waals surface area (Å²) >= 11 is 0. The van der Waals surface area contributed by atoms with Crippen LogP contribution in [0, 0.1) is 0 Å². The highest BCUT2D eigenvalue weighted by Crippen LogP contribution is 2.19. The van der Waals surface area contributed by atoms with Crippen molar-refractivity contribution in [2.45, 2.75) is 39.5 Å². The molecule has 0 radical (unpaired) electrons. The molecule has 2 rings (SSSR count). The zero-order chi connectivity index (χ0) is 11.4. The van der Waals surface area contributed by atoms with Gasteiger partial charge in [-0.05, 0) is 34.7 Å². The van der Waals surface area contributed by atoms with Crippen molar-refractivity contribution < 1.29 is 0 Å². The lowest BCUT2D eigenvalue weighted by atomic mass is 10.0. The van der Waals surface area contributed by atoms with Gasteiger partial charge in [-0.15, -0.1) is 0 Å². The van der Waals surface area contributed by atoms with Gasteiger partial charge >= 0.3 is 0 Å². The van der Waals surface area contributed by atoms with Gasteiger partial charge in [0.1, 0.15) is 0 Å². The number of aryl methyl sites for hydroxylation is 2. The Morgan fingerprint density at radius 2 is 1.12 bits per heavy atom. The van der Waals surface area contributed by atoms with Crippen LogP contribution in [0.2, 0.25) is 0 Å². The van der Waals surface area contributed by atoms with Crippen molar-refractivity contribution in [3.8, 4) is 0 Å². The Labute approximate surface area is 98.3 Å². The first-order valence-electron chi connectivity index (χ1n) is 6.35. The van der Waals surface area contributed by atoms with Crippen molar-refractivity contribution in [3.05, 3.63) is 47.5 Å². The molecular weight excluding hydrogens is 192 g/mol. The summed E-state index contributed by atoms with van der Waals surface area (Å²) in [6.07, 6.45) is 4.82. The number of rotatable bonds is 4. The molecule has 0 heterocycles. The normalized spacial score (nSPS) is 10.9. The lowest BCUT2D eigenvalue weighted by Gasteiger charge is -2.05. The van der Waals surface area contributed by atoms with E-state index in [1.807, 2.05) is 0 Å². The second-order valence-corrected chi connectivity index (χ2v) is 4.52. The smallest absolute Gasteiger partial charge is 0.0181 e. The van der Waals surface area contributed by atoms with Crippen LogP contribution >= 0.6 is 0 Å². The average Bonchev–Trinajstić information content (AvgIpc) is 2.30. The molecular formula is C16H20. The van der Waals surface area contributed by atoms with Crippen LogP contribution in [0.3, 0.4) is 0 Å². The summed E-state index contributed by atoms with van der Waals surface area (Å²) < 4.78 is 0. The molecule has 0 fully saturated rings. The summed E-state index contributed by atoms with van der Waals surface area (Å²) in [6.45, 7) is 4.46. The van der Waals surface area contributed by atoms with E-state index in [4.69, 9.17) is 0 Å². The summed E-state index contributed by atoms with van der Waals surface area (Å²) in [6, 6.07) is 13.7. The van der Waals surface area contributed by atoms with E-state index in [1.165, 1.54) is 47.6 Å². The zero-order valence-corrected chi connectivity index (χ0v) is 10.3. The van der Waals surface area contributed by atoms with Gasteiger partial charge in [0, 0.05) is 0 Å². The first-order valence-corrected chi connectivity index (χ1v) is 6.35. The van der Waals surface area contributed by atoms with Crippen molar-refractivity contribution in [2.75, 3.05) is 0 Å². The Hall–Kier alpha value is -1.30. The molecule has 2 aromatic rings. The van der Waals surface area contributed by atoms with E-state index < -0.39 is 0 Å². The highest BCUT2D eigenvalue weighted by molar-refractivity contribution is 5.83. The van der Waals surface area contributed by atoms with E-state index in [1.54, 1.807) is 0 Å². The fourth-order valence-corrected chi connectivity index (χ4v) is 2.23. The molecule has 0 spiro atoms. The molecule has 16 heavy (non-hydrogen) atoms. The van der Waals surface area contributed by atoms with Crippen LogP contribution in [0.4, 0.5) is 0 Å². The van der Waals surface area contributed by atoms with Crippen molar-refractivity contribution in [1.29, 1.82) is 0 Å². The predicted molar refractivity (Wildman–Crippen MR) is 71.9 cm³/mol. The second-order valence-electron chi connectivity index (χ2n) is 4.52. The van der Waals surface area contributed by atoms with E-state index in [0.29, 0.717) is 0 Å². The van der Waals surface area contributed by atoms with Crippen LogP contribution in [0.15, 0.2) is 36.4 Å². The third kappa shape index (κ3) is 2.44. The molecule has 0 N–H and O–H groups in total. The number of benzene rings is 2. The molecule has 0 aliphatic rings. The molecule has 0 amide bonds. The van der Waals surface area contributed by atoms with Gasteiger partial charge in [0.2, 0.25) is 0 Å². The quantitative estimate of drug-likeness (QED) is 0.686. The number of hydrogen-bond donors (Lipinski definition) is 0. The average molecular weight is 212 g/mol. The third-order valence-corrected chi connectivity index (χ3v) is 3.05. The Kier molecular flexibility index (Phi) is 3.61. The fraction of sp³-hybridized carbons (Fsp3) is 0.375. The van der Waals surface area contributed by atoms with Crippen LogP contribution in [-0.2, 0) is 12.8 Å². The van der Waals surface area contributed by atoms with Crippen LogP contribution in [0.1, 0.15) is 37.8 Å². The van der Waals surface area contributed by atoms with E-state index in [0.717, 1.165) is 0 Å². The molecule has 0 bridgehead atoms. The van der Waals surface area contributed by atoms with Gasteiger partial charge in [-0.1, -0.05) is 63.1 Å². The molecule has 0 nitrogen and oxygen atoms in total. The summed E-state index contributed by atoms with van der Waals surface area (Å²) in [7, 11) is 0. The summed E-state index contributed by atoms with van der Waals surface area (Å²) in [4.78, 5) is 0. The molecule has 2 aromatic carbocycles. The van der Waals surface area contributed by atoms with Gasteiger partial charge in [0.05, 0.1) is 0 Å². The van der Waals surface area contributed by atoms with Crippen molar-refractivity contribution in [1.82, 2.24) is 0 Å². The predicted octanol–water partition coefficient (Wildman–Crippen LogP) is 4.74. The monoisotopic (exact) mass is 212 g/mol. The minimum Gasteiger partial charge on any atom is -0.0651 e. The van der Waals surface area contributed by atoms with E-state index >= 15 is 0 Å². The largest absolute Gasteiger partial charge is 0.0651 e. The van der Waals surface area contributed by atoms with Gasteiger partial charge < -0.3 is 0 Å². The lowest BCUT2D eigenvalue weighted by molar-refractivity contribution is 0.921. The second kappa shape index (κ2) is 5.16. The Morgan fingerprint density at radius 1 is 0.688 bits per heavy atom. The number of hydrogen-bond acceptors (Lipinski definition) is 0. The molecule has 0 aromatic heterocycles. The maximum Gasteiger partial charge on any atom is -0.0181 e. The summed E-state index contributed by atoms with van der Waals surface area (Å²) in [5.74, 6) is 0. The first-order chi connectivity index (χ1) is 7.83. The van der Waals surface area contributed by atoms with Gasteiger partial charge in [-0.3, -0.25) is 0 Å². The Morgan fingerprint density at radius 3 is 1.50 bits per heavy atom. The van der Waals surface area contributed by atoms with E-state index in [9.17, 15) is 0 Å². The summed E-state index contributed by atoms with van der Waals surface area (Å²) in [5.41, 5.74) is 2.91.